The number of aromatic nitrogens is 2. The molecule has 2 aromatic carbocycles. The van der Waals surface area contributed by atoms with Crippen molar-refractivity contribution in [1.29, 1.82) is 0 Å². The lowest BCUT2D eigenvalue weighted by Crippen LogP contribution is -2.47. The van der Waals surface area contributed by atoms with Crippen molar-refractivity contribution in [1.82, 2.24) is 19.8 Å². The highest BCUT2D eigenvalue weighted by Crippen LogP contribution is 2.26. The lowest BCUT2D eigenvalue weighted by molar-refractivity contribution is 0.0658. The van der Waals surface area contributed by atoms with Crippen LogP contribution in [-0.2, 0) is 6.54 Å². The number of likely N-dealkylation sites (N-methyl/N-ethyl adjacent to an activating group) is 1. The fourth-order valence-corrected chi connectivity index (χ4v) is 3.46. The van der Waals surface area contributed by atoms with Crippen LogP contribution < -0.4 is 4.90 Å². The summed E-state index contributed by atoms with van der Waals surface area (Å²) in [5, 5.41) is 0. The lowest BCUT2D eigenvalue weighted by atomic mass is 10.2. The number of carbonyl (C=O) groups is 1. The number of hydrogen-bond acceptors (Lipinski definition) is 5. The number of rotatable bonds is 5. The maximum atomic E-state index is 13.0. The monoisotopic (exact) mass is 387 g/mol. The molecule has 1 aromatic heterocycles. The van der Waals surface area contributed by atoms with Gasteiger partial charge >= 0.3 is 0 Å². The molecule has 2 heterocycles. The van der Waals surface area contributed by atoms with Gasteiger partial charge in [-0.1, -0.05) is 48.5 Å². The normalized spacial score (nSPS) is 14.6. The van der Waals surface area contributed by atoms with Gasteiger partial charge in [0, 0.05) is 44.5 Å². The molecule has 0 N–H and O–H groups in total. The standard InChI is InChI=1S/C23H25N5O/c1-26-12-14-27(15-13-26)23(29)21-16-22(25-18-24-21)28(20-10-6-3-7-11-20)17-19-8-4-2-5-9-19/h2-11,16,18H,12-15,17H2,1H3. The molecule has 1 saturated heterocycles. The summed E-state index contributed by atoms with van der Waals surface area (Å²) < 4.78 is 0. The van der Waals surface area contributed by atoms with E-state index in [1.165, 1.54) is 11.9 Å². The van der Waals surface area contributed by atoms with Crippen molar-refractivity contribution in [2.24, 2.45) is 0 Å². The largest absolute Gasteiger partial charge is 0.335 e. The van der Waals surface area contributed by atoms with E-state index in [9.17, 15) is 4.79 Å². The van der Waals surface area contributed by atoms with Crippen LogP contribution >= 0.6 is 0 Å². The fraction of sp³-hybridized carbons (Fsp3) is 0.261. The molecule has 3 aromatic rings. The molecule has 0 saturated carbocycles. The van der Waals surface area contributed by atoms with Gasteiger partial charge in [0.15, 0.2) is 0 Å². The van der Waals surface area contributed by atoms with Crippen LogP contribution in [0.15, 0.2) is 73.1 Å². The van der Waals surface area contributed by atoms with Crippen molar-refractivity contribution in [2.45, 2.75) is 6.54 Å². The summed E-state index contributed by atoms with van der Waals surface area (Å²) in [6, 6.07) is 22.1. The number of piperazine rings is 1. The number of para-hydroxylation sites is 1. The fourth-order valence-electron chi connectivity index (χ4n) is 3.46. The Morgan fingerprint density at radius 2 is 1.59 bits per heavy atom. The van der Waals surface area contributed by atoms with Crippen molar-refractivity contribution in [3.05, 3.63) is 84.3 Å². The van der Waals surface area contributed by atoms with Gasteiger partial charge in [0.2, 0.25) is 0 Å². The first-order valence-corrected chi connectivity index (χ1v) is 9.87. The number of hydrogen-bond donors (Lipinski definition) is 0. The molecule has 0 spiro atoms. The molecule has 29 heavy (non-hydrogen) atoms. The molecule has 1 fully saturated rings. The van der Waals surface area contributed by atoms with Crippen LogP contribution in [0.4, 0.5) is 11.5 Å². The molecule has 6 nitrogen and oxygen atoms in total. The zero-order valence-electron chi connectivity index (χ0n) is 16.6. The molecular weight excluding hydrogens is 362 g/mol. The van der Waals surface area contributed by atoms with E-state index in [4.69, 9.17) is 0 Å². The van der Waals surface area contributed by atoms with Gasteiger partial charge in [0.25, 0.3) is 5.91 Å². The van der Waals surface area contributed by atoms with Gasteiger partial charge in [-0.2, -0.15) is 0 Å². The minimum absolute atomic E-state index is 0.0329. The van der Waals surface area contributed by atoms with E-state index in [-0.39, 0.29) is 5.91 Å². The summed E-state index contributed by atoms with van der Waals surface area (Å²) in [7, 11) is 2.08. The summed E-state index contributed by atoms with van der Waals surface area (Å²) in [6.45, 7) is 3.87. The smallest absolute Gasteiger partial charge is 0.272 e. The highest BCUT2D eigenvalue weighted by Gasteiger charge is 2.22. The Hall–Kier alpha value is -3.25. The average molecular weight is 387 g/mol. The predicted octanol–water partition coefficient (Wildman–Crippen LogP) is 3.20. The molecule has 0 radical (unpaired) electrons. The van der Waals surface area contributed by atoms with Gasteiger partial charge in [-0.25, -0.2) is 9.97 Å². The first-order valence-electron chi connectivity index (χ1n) is 9.87. The quantitative estimate of drug-likeness (QED) is 0.673. The second-order valence-corrected chi connectivity index (χ2v) is 7.26. The zero-order valence-corrected chi connectivity index (χ0v) is 16.6. The molecular formula is C23H25N5O. The van der Waals surface area contributed by atoms with Crippen LogP contribution in [0.25, 0.3) is 0 Å². The number of amides is 1. The van der Waals surface area contributed by atoms with E-state index >= 15 is 0 Å². The Kier molecular flexibility index (Phi) is 5.81. The van der Waals surface area contributed by atoms with E-state index in [0.717, 1.165) is 31.9 Å². The number of anilines is 2. The summed E-state index contributed by atoms with van der Waals surface area (Å²) in [5.41, 5.74) is 2.63. The Bertz CT molecular complexity index is 940. The maximum Gasteiger partial charge on any atom is 0.272 e. The predicted molar refractivity (Wildman–Crippen MR) is 114 cm³/mol. The molecule has 4 rings (SSSR count). The minimum atomic E-state index is -0.0329. The molecule has 0 atom stereocenters. The van der Waals surface area contributed by atoms with Gasteiger partial charge in [0.1, 0.15) is 17.8 Å². The Balaban J connectivity index is 1.63. The molecule has 148 valence electrons. The van der Waals surface area contributed by atoms with Crippen molar-refractivity contribution < 1.29 is 4.79 Å². The van der Waals surface area contributed by atoms with Crippen LogP contribution in [-0.4, -0.2) is 58.9 Å². The van der Waals surface area contributed by atoms with Gasteiger partial charge < -0.3 is 14.7 Å². The van der Waals surface area contributed by atoms with Crippen molar-refractivity contribution in [3.8, 4) is 0 Å². The SMILES string of the molecule is CN1CCN(C(=O)c2cc(N(Cc3ccccc3)c3ccccc3)ncn2)CC1. The van der Waals surface area contributed by atoms with E-state index in [1.54, 1.807) is 6.07 Å². The third-order valence-corrected chi connectivity index (χ3v) is 5.19. The van der Waals surface area contributed by atoms with Crippen molar-refractivity contribution in [3.63, 3.8) is 0 Å². The summed E-state index contributed by atoms with van der Waals surface area (Å²) >= 11 is 0. The topological polar surface area (TPSA) is 52.6 Å². The second-order valence-electron chi connectivity index (χ2n) is 7.26. The number of carbonyl (C=O) groups excluding carboxylic acids is 1. The lowest BCUT2D eigenvalue weighted by Gasteiger charge is -2.32. The van der Waals surface area contributed by atoms with Gasteiger partial charge in [-0.05, 0) is 24.7 Å². The van der Waals surface area contributed by atoms with Crippen molar-refractivity contribution >= 4 is 17.4 Å². The zero-order chi connectivity index (χ0) is 20.1. The Labute approximate surface area is 171 Å². The molecule has 0 unspecified atom stereocenters. The van der Waals surface area contributed by atoms with Crippen molar-refractivity contribution in [2.75, 3.05) is 38.1 Å². The number of benzene rings is 2. The van der Waals surface area contributed by atoms with Crippen LogP contribution in [0.3, 0.4) is 0 Å². The van der Waals surface area contributed by atoms with Crippen LogP contribution in [0.2, 0.25) is 0 Å². The number of nitrogens with zero attached hydrogens (tertiary/aromatic N) is 5. The van der Waals surface area contributed by atoms with Crippen LogP contribution in [0, 0.1) is 0 Å². The van der Waals surface area contributed by atoms with E-state index in [0.29, 0.717) is 18.1 Å². The first-order chi connectivity index (χ1) is 14.2. The third kappa shape index (κ3) is 4.60. The first kappa shape index (κ1) is 19.1. The molecule has 0 bridgehead atoms. The summed E-state index contributed by atoms with van der Waals surface area (Å²) in [5.74, 6) is 0.682. The summed E-state index contributed by atoms with van der Waals surface area (Å²) in [6.07, 6.45) is 1.49. The van der Waals surface area contributed by atoms with Crippen LogP contribution in [0.5, 0.6) is 0 Å². The van der Waals surface area contributed by atoms with Gasteiger partial charge in [0.05, 0.1) is 0 Å². The third-order valence-electron chi connectivity index (χ3n) is 5.19. The molecule has 0 aliphatic carbocycles. The summed E-state index contributed by atoms with van der Waals surface area (Å²) in [4.78, 5) is 27.9. The maximum absolute atomic E-state index is 13.0. The van der Waals surface area contributed by atoms with E-state index < -0.39 is 0 Å². The average Bonchev–Trinajstić information content (AvgIpc) is 2.79. The molecule has 6 heteroatoms. The Morgan fingerprint density at radius 1 is 0.931 bits per heavy atom. The van der Waals surface area contributed by atoms with Gasteiger partial charge in [-0.3, -0.25) is 4.79 Å². The second kappa shape index (κ2) is 8.84. The van der Waals surface area contributed by atoms with Crippen LogP contribution in [0.1, 0.15) is 16.1 Å². The highest BCUT2D eigenvalue weighted by atomic mass is 16.2. The van der Waals surface area contributed by atoms with E-state index in [2.05, 4.69) is 38.9 Å². The molecule has 1 aliphatic rings. The van der Waals surface area contributed by atoms with Gasteiger partial charge in [-0.15, -0.1) is 0 Å². The minimum Gasteiger partial charge on any atom is -0.335 e. The molecule has 1 amide bonds. The Morgan fingerprint density at radius 3 is 2.28 bits per heavy atom. The molecule has 1 aliphatic heterocycles. The highest BCUT2D eigenvalue weighted by molar-refractivity contribution is 5.93. The van der Waals surface area contributed by atoms with E-state index in [1.807, 2.05) is 53.4 Å².